The number of amidine groups is 1. The van der Waals surface area contributed by atoms with Gasteiger partial charge in [0.2, 0.25) is 0 Å². The highest BCUT2D eigenvalue weighted by Gasteiger charge is 2.31. The molecule has 0 aliphatic carbocycles. The molecule has 0 saturated carbocycles. The largest absolute Gasteiger partial charge is 0.416 e. The summed E-state index contributed by atoms with van der Waals surface area (Å²) in [4.78, 5) is 7.58. The van der Waals surface area contributed by atoms with Crippen LogP contribution in [-0.2, 0) is 6.18 Å². The highest BCUT2D eigenvalue weighted by molar-refractivity contribution is 5.99. The molecule has 0 atom stereocenters. The molecular formula is C13H9F4N3O. The molecule has 0 unspecified atom stereocenters. The standard InChI is InChI=1S/C13H9F4N3O/c14-11-2-1-8(13(15,16)17)7-10(11)12(20-21)19-9-3-5-18-6-4-9/h1-7,21H,(H,18,19,20). The lowest BCUT2D eigenvalue weighted by Gasteiger charge is -2.11. The quantitative estimate of drug-likeness (QED) is 0.387. The number of halogens is 4. The summed E-state index contributed by atoms with van der Waals surface area (Å²) < 4.78 is 51.6. The molecule has 0 radical (unpaired) electrons. The van der Waals surface area contributed by atoms with Gasteiger partial charge in [-0.3, -0.25) is 15.7 Å². The minimum atomic E-state index is -4.63. The van der Waals surface area contributed by atoms with Gasteiger partial charge in [-0.05, 0) is 30.3 Å². The van der Waals surface area contributed by atoms with Gasteiger partial charge in [-0.25, -0.2) is 9.38 Å². The molecule has 2 rings (SSSR count). The Bertz CT molecular complexity index is 656. The van der Waals surface area contributed by atoms with E-state index >= 15 is 0 Å². The van der Waals surface area contributed by atoms with Crippen molar-refractivity contribution in [2.24, 2.45) is 4.99 Å². The SMILES string of the molecule is ONC(=Nc1ccncc1)c1cc(C(F)(F)F)ccc1F. The topological polar surface area (TPSA) is 57.5 Å². The van der Waals surface area contributed by atoms with Crippen LogP contribution in [0.2, 0.25) is 0 Å². The number of benzene rings is 1. The summed E-state index contributed by atoms with van der Waals surface area (Å²) >= 11 is 0. The molecule has 0 amide bonds. The molecule has 2 aromatic rings. The van der Waals surface area contributed by atoms with Crippen molar-refractivity contribution in [3.63, 3.8) is 0 Å². The summed E-state index contributed by atoms with van der Waals surface area (Å²) in [5, 5.41) is 9.01. The highest BCUT2D eigenvalue weighted by atomic mass is 19.4. The van der Waals surface area contributed by atoms with Crippen LogP contribution in [0.5, 0.6) is 0 Å². The van der Waals surface area contributed by atoms with Crippen LogP contribution < -0.4 is 5.48 Å². The molecule has 1 aromatic heterocycles. The average Bonchev–Trinajstić information content (AvgIpc) is 2.45. The molecule has 1 aromatic carbocycles. The fraction of sp³-hybridized carbons (Fsp3) is 0.0769. The second-order valence-corrected chi connectivity index (χ2v) is 3.97. The molecule has 21 heavy (non-hydrogen) atoms. The van der Waals surface area contributed by atoms with E-state index in [1.165, 1.54) is 24.5 Å². The summed E-state index contributed by atoms with van der Waals surface area (Å²) in [6.07, 6.45) is -1.83. The summed E-state index contributed by atoms with van der Waals surface area (Å²) in [7, 11) is 0. The fourth-order valence-corrected chi connectivity index (χ4v) is 1.58. The lowest BCUT2D eigenvalue weighted by molar-refractivity contribution is -0.137. The van der Waals surface area contributed by atoms with E-state index in [4.69, 9.17) is 5.21 Å². The summed E-state index contributed by atoms with van der Waals surface area (Å²) in [5.74, 6) is -1.39. The first-order valence-electron chi connectivity index (χ1n) is 5.68. The monoisotopic (exact) mass is 299 g/mol. The van der Waals surface area contributed by atoms with Crippen LogP contribution in [0.4, 0.5) is 23.2 Å². The molecule has 4 nitrogen and oxygen atoms in total. The summed E-state index contributed by atoms with van der Waals surface area (Å²) in [6, 6.07) is 4.74. The molecular weight excluding hydrogens is 290 g/mol. The Hall–Kier alpha value is -2.48. The molecule has 0 aliphatic rings. The molecule has 0 aliphatic heterocycles. The Morgan fingerprint density at radius 1 is 1.14 bits per heavy atom. The minimum absolute atomic E-state index is 0.290. The number of hydrogen-bond acceptors (Lipinski definition) is 3. The first kappa shape index (κ1) is 14.9. The van der Waals surface area contributed by atoms with Gasteiger partial charge < -0.3 is 0 Å². The van der Waals surface area contributed by atoms with E-state index in [1.54, 1.807) is 5.48 Å². The number of nitrogens with zero attached hydrogens (tertiary/aromatic N) is 2. The third-order valence-corrected chi connectivity index (χ3v) is 2.56. The maximum absolute atomic E-state index is 13.7. The Labute approximate surface area is 116 Å². The third-order valence-electron chi connectivity index (χ3n) is 2.56. The van der Waals surface area contributed by atoms with Gasteiger partial charge in [-0.1, -0.05) is 0 Å². The molecule has 8 heteroatoms. The van der Waals surface area contributed by atoms with Crippen molar-refractivity contribution in [2.45, 2.75) is 6.18 Å². The van der Waals surface area contributed by atoms with Crippen LogP contribution in [0.3, 0.4) is 0 Å². The van der Waals surface area contributed by atoms with Crippen molar-refractivity contribution < 1.29 is 22.8 Å². The summed E-state index contributed by atoms with van der Waals surface area (Å²) in [6.45, 7) is 0. The maximum Gasteiger partial charge on any atom is 0.416 e. The number of aliphatic imine (C=N–C) groups is 1. The number of nitrogens with one attached hydrogen (secondary N) is 1. The molecule has 0 fully saturated rings. The lowest BCUT2D eigenvalue weighted by Crippen LogP contribution is -2.22. The van der Waals surface area contributed by atoms with Crippen molar-refractivity contribution in [3.05, 3.63) is 59.7 Å². The fourth-order valence-electron chi connectivity index (χ4n) is 1.58. The predicted molar refractivity (Wildman–Crippen MR) is 66.8 cm³/mol. The van der Waals surface area contributed by atoms with Gasteiger partial charge in [-0.2, -0.15) is 13.2 Å². The first-order valence-corrected chi connectivity index (χ1v) is 5.68. The molecule has 0 saturated heterocycles. The van der Waals surface area contributed by atoms with Gasteiger partial charge in [-0.15, -0.1) is 0 Å². The summed E-state index contributed by atoms with van der Waals surface area (Å²) in [5.41, 5.74) is 0.358. The van der Waals surface area contributed by atoms with Gasteiger partial charge in [0.05, 0.1) is 16.8 Å². The molecule has 0 spiro atoms. The van der Waals surface area contributed by atoms with Gasteiger partial charge in [0.1, 0.15) is 5.82 Å². The molecule has 0 bridgehead atoms. The second kappa shape index (κ2) is 5.88. The van der Waals surface area contributed by atoms with E-state index in [9.17, 15) is 17.6 Å². The van der Waals surface area contributed by atoms with Crippen LogP contribution in [0, 0.1) is 5.82 Å². The van der Waals surface area contributed by atoms with Gasteiger partial charge in [0.15, 0.2) is 5.84 Å². The molecule has 2 N–H and O–H groups in total. The Kier molecular flexibility index (Phi) is 4.18. The number of alkyl halides is 3. The number of hydroxylamine groups is 1. The lowest BCUT2D eigenvalue weighted by atomic mass is 10.1. The zero-order valence-corrected chi connectivity index (χ0v) is 10.4. The van der Waals surface area contributed by atoms with Gasteiger partial charge in [0, 0.05) is 12.4 Å². The number of pyridine rings is 1. The van der Waals surface area contributed by atoms with Crippen LogP contribution in [0.25, 0.3) is 0 Å². The van der Waals surface area contributed by atoms with E-state index in [1.807, 2.05) is 0 Å². The van der Waals surface area contributed by atoms with E-state index in [0.29, 0.717) is 23.9 Å². The zero-order chi connectivity index (χ0) is 15.5. The average molecular weight is 299 g/mol. The number of rotatable bonds is 2. The van der Waals surface area contributed by atoms with Crippen molar-refractivity contribution >= 4 is 11.5 Å². The Balaban J connectivity index is 2.50. The van der Waals surface area contributed by atoms with E-state index in [-0.39, 0.29) is 0 Å². The van der Waals surface area contributed by atoms with Crippen molar-refractivity contribution in [1.82, 2.24) is 10.5 Å². The van der Waals surface area contributed by atoms with Crippen LogP contribution >= 0.6 is 0 Å². The predicted octanol–water partition coefficient (Wildman–Crippen LogP) is 3.30. The van der Waals surface area contributed by atoms with Crippen LogP contribution in [-0.4, -0.2) is 16.0 Å². The van der Waals surface area contributed by atoms with Crippen molar-refractivity contribution in [2.75, 3.05) is 0 Å². The maximum atomic E-state index is 13.7. The number of hydrogen-bond donors (Lipinski definition) is 2. The first-order chi connectivity index (χ1) is 9.91. The Morgan fingerprint density at radius 3 is 2.38 bits per heavy atom. The van der Waals surface area contributed by atoms with Crippen LogP contribution in [0.1, 0.15) is 11.1 Å². The van der Waals surface area contributed by atoms with Crippen molar-refractivity contribution in [1.29, 1.82) is 0 Å². The van der Waals surface area contributed by atoms with E-state index in [2.05, 4.69) is 9.98 Å². The van der Waals surface area contributed by atoms with Gasteiger partial charge >= 0.3 is 6.18 Å². The molecule has 110 valence electrons. The van der Waals surface area contributed by atoms with Gasteiger partial charge in [0.25, 0.3) is 0 Å². The zero-order valence-electron chi connectivity index (χ0n) is 10.4. The number of aromatic nitrogens is 1. The van der Waals surface area contributed by atoms with Crippen molar-refractivity contribution in [3.8, 4) is 0 Å². The van der Waals surface area contributed by atoms with E-state index < -0.39 is 29.0 Å². The second-order valence-electron chi connectivity index (χ2n) is 3.97. The third kappa shape index (κ3) is 3.54. The minimum Gasteiger partial charge on any atom is -0.290 e. The van der Waals surface area contributed by atoms with Crippen LogP contribution in [0.15, 0.2) is 47.7 Å². The Morgan fingerprint density at radius 2 is 1.81 bits per heavy atom. The normalized spacial score (nSPS) is 12.3. The van der Waals surface area contributed by atoms with E-state index in [0.717, 1.165) is 0 Å². The smallest absolute Gasteiger partial charge is 0.290 e. The highest BCUT2D eigenvalue weighted by Crippen LogP contribution is 2.30. The molecule has 1 heterocycles.